The number of ether oxygens (including phenoxy) is 1. The fraction of sp³-hybridized carbons (Fsp3) is 0.308. The van der Waals surface area contributed by atoms with Gasteiger partial charge in [-0.2, -0.15) is 4.37 Å². The topological polar surface area (TPSA) is 66.9 Å². The number of nitrogens with one attached hydrogen (secondary N) is 1. The minimum Gasteiger partial charge on any atom is -0.497 e. The molecule has 3 aromatic rings. The van der Waals surface area contributed by atoms with Gasteiger partial charge in [0.15, 0.2) is 11.0 Å². The number of rotatable bonds is 5. The zero-order valence-electron chi connectivity index (χ0n) is 12.0. The largest absolute Gasteiger partial charge is 0.497 e. The third kappa shape index (κ3) is 3.11. The normalized spacial score (nSPS) is 11.0. The van der Waals surface area contributed by atoms with E-state index in [-0.39, 0.29) is 0 Å². The molecular formula is C13H15N5OS2. The molecule has 0 aliphatic rings. The first-order valence-electron chi connectivity index (χ1n) is 6.32. The molecule has 0 saturated heterocycles. The molecule has 0 radical (unpaired) electrons. The van der Waals surface area contributed by atoms with E-state index in [1.165, 1.54) is 11.5 Å². The van der Waals surface area contributed by atoms with Crippen molar-refractivity contribution in [3.63, 3.8) is 0 Å². The zero-order valence-corrected chi connectivity index (χ0v) is 13.6. The lowest BCUT2D eigenvalue weighted by Crippen LogP contribution is -2.07. The lowest BCUT2D eigenvalue weighted by Gasteiger charge is -2.03. The number of imidazole rings is 1. The number of methoxy groups -OCH3 is 1. The lowest BCUT2D eigenvalue weighted by molar-refractivity contribution is 0.415. The van der Waals surface area contributed by atoms with Gasteiger partial charge >= 0.3 is 0 Å². The molecule has 8 heteroatoms. The Morgan fingerprint density at radius 1 is 1.33 bits per heavy atom. The van der Waals surface area contributed by atoms with Gasteiger partial charge in [0.05, 0.1) is 23.9 Å². The quantitative estimate of drug-likeness (QED) is 0.729. The standard InChI is InChI=1S/C13H15N5OS2/c1-18(2)13-16-11(17-21-13)7-20-12-14-9-5-4-8(19-3)6-10(9)15-12/h4-6H,7H2,1-3H3,(H,14,15). The Morgan fingerprint density at radius 3 is 2.90 bits per heavy atom. The Labute approximate surface area is 130 Å². The highest BCUT2D eigenvalue weighted by Gasteiger charge is 2.09. The minimum absolute atomic E-state index is 0.696. The van der Waals surface area contributed by atoms with Crippen LogP contribution < -0.4 is 9.64 Å². The van der Waals surface area contributed by atoms with Crippen molar-refractivity contribution < 1.29 is 4.74 Å². The van der Waals surface area contributed by atoms with E-state index in [9.17, 15) is 0 Å². The summed E-state index contributed by atoms with van der Waals surface area (Å²) in [5.74, 6) is 2.34. The van der Waals surface area contributed by atoms with Gasteiger partial charge in [-0.25, -0.2) is 9.97 Å². The van der Waals surface area contributed by atoms with E-state index in [4.69, 9.17) is 4.74 Å². The van der Waals surface area contributed by atoms with Crippen molar-refractivity contribution in [3.8, 4) is 5.75 Å². The van der Waals surface area contributed by atoms with Crippen molar-refractivity contribution in [1.29, 1.82) is 0 Å². The molecule has 1 N–H and O–H groups in total. The molecule has 21 heavy (non-hydrogen) atoms. The summed E-state index contributed by atoms with van der Waals surface area (Å²) in [4.78, 5) is 14.2. The number of fused-ring (bicyclic) bond motifs is 1. The average molecular weight is 321 g/mol. The van der Waals surface area contributed by atoms with Crippen LogP contribution in [0.25, 0.3) is 11.0 Å². The summed E-state index contributed by atoms with van der Waals surface area (Å²) >= 11 is 3.00. The first-order chi connectivity index (χ1) is 10.2. The number of aromatic amines is 1. The van der Waals surface area contributed by atoms with Gasteiger partial charge in [0.2, 0.25) is 5.13 Å². The maximum absolute atomic E-state index is 5.21. The Kier molecular flexibility index (Phi) is 3.98. The van der Waals surface area contributed by atoms with Crippen molar-refractivity contribution in [3.05, 3.63) is 24.0 Å². The zero-order chi connectivity index (χ0) is 14.8. The number of hydrogen-bond donors (Lipinski definition) is 1. The highest BCUT2D eigenvalue weighted by molar-refractivity contribution is 7.98. The Balaban J connectivity index is 1.72. The van der Waals surface area contributed by atoms with Crippen molar-refractivity contribution in [2.24, 2.45) is 0 Å². The summed E-state index contributed by atoms with van der Waals surface area (Å²) in [5, 5.41) is 1.78. The molecule has 3 rings (SSSR count). The van der Waals surface area contributed by atoms with Crippen LogP contribution in [0.4, 0.5) is 5.13 Å². The lowest BCUT2D eigenvalue weighted by atomic mass is 10.3. The summed E-state index contributed by atoms with van der Waals surface area (Å²) in [5.41, 5.74) is 1.90. The third-order valence-corrected chi connectivity index (χ3v) is 4.64. The highest BCUT2D eigenvalue weighted by Crippen LogP contribution is 2.25. The van der Waals surface area contributed by atoms with Gasteiger partial charge in [-0.05, 0) is 12.1 Å². The molecule has 0 unspecified atom stereocenters. The Bertz CT molecular complexity index is 752. The van der Waals surface area contributed by atoms with E-state index in [0.717, 1.165) is 32.9 Å². The Hall–Kier alpha value is -1.80. The van der Waals surface area contributed by atoms with E-state index in [1.807, 2.05) is 37.2 Å². The Morgan fingerprint density at radius 2 is 2.19 bits per heavy atom. The molecule has 0 bridgehead atoms. The average Bonchev–Trinajstić information content (AvgIpc) is 3.10. The first-order valence-corrected chi connectivity index (χ1v) is 8.08. The monoisotopic (exact) mass is 321 g/mol. The van der Waals surface area contributed by atoms with E-state index in [2.05, 4.69) is 19.3 Å². The van der Waals surface area contributed by atoms with E-state index in [0.29, 0.717) is 5.75 Å². The van der Waals surface area contributed by atoms with Crippen molar-refractivity contribution in [2.75, 3.05) is 26.1 Å². The number of H-pyrrole nitrogens is 1. The van der Waals surface area contributed by atoms with Crippen LogP contribution in [0.5, 0.6) is 5.75 Å². The maximum Gasteiger partial charge on any atom is 0.204 e. The van der Waals surface area contributed by atoms with Crippen LogP contribution in [0.3, 0.4) is 0 Å². The van der Waals surface area contributed by atoms with Crippen LogP contribution in [-0.4, -0.2) is 40.5 Å². The summed E-state index contributed by atoms with van der Waals surface area (Å²) in [6.07, 6.45) is 0. The smallest absolute Gasteiger partial charge is 0.204 e. The second-order valence-electron chi connectivity index (χ2n) is 4.60. The van der Waals surface area contributed by atoms with E-state index < -0.39 is 0 Å². The first kappa shape index (κ1) is 14.2. The fourth-order valence-electron chi connectivity index (χ4n) is 1.78. The molecule has 2 heterocycles. The highest BCUT2D eigenvalue weighted by atomic mass is 32.2. The van der Waals surface area contributed by atoms with Crippen LogP contribution >= 0.6 is 23.3 Å². The molecule has 0 aliphatic heterocycles. The van der Waals surface area contributed by atoms with Crippen LogP contribution in [0.2, 0.25) is 0 Å². The number of thioether (sulfide) groups is 1. The van der Waals surface area contributed by atoms with Gasteiger partial charge in [-0.3, -0.25) is 0 Å². The third-order valence-electron chi connectivity index (χ3n) is 2.85. The molecule has 0 saturated carbocycles. The van der Waals surface area contributed by atoms with Gasteiger partial charge < -0.3 is 14.6 Å². The minimum atomic E-state index is 0.696. The van der Waals surface area contributed by atoms with Crippen molar-refractivity contribution >= 4 is 39.5 Å². The fourth-order valence-corrected chi connectivity index (χ4v) is 3.20. The van der Waals surface area contributed by atoms with Gasteiger partial charge in [0.25, 0.3) is 0 Å². The molecular weight excluding hydrogens is 306 g/mol. The van der Waals surface area contributed by atoms with Gasteiger partial charge in [0, 0.05) is 31.7 Å². The maximum atomic E-state index is 5.21. The number of anilines is 1. The summed E-state index contributed by atoms with van der Waals surface area (Å²) in [6.45, 7) is 0. The molecule has 0 aliphatic carbocycles. The summed E-state index contributed by atoms with van der Waals surface area (Å²) in [7, 11) is 5.58. The number of hydrogen-bond acceptors (Lipinski definition) is 7. The van der Waals surface area contributed by atoms with Gasteiger partial charge in [0.1, 0.15) is 5.75 Å². The van der Waals surface area contributed by atoms with Gasteiger partial charge in [-0.15, -0.1) is 0 Å². The summed E-state index contributed by atoms with van der Waals surface area (Å²) < 4.78 is 9.55. The summed E-state index contributed by atoms with van der Waals surface area (Å²) in [6, 6.07) is 5.79. The number of aromatic nitrogens is 4. The van der Waals surface area contributed by atoms with Crippen LogP contribution in [0.15, 0.2) is 23.4 Å². The molecule has 0 atom stereocenters. The molecule has 1 aromatic carbocycles. The molecule has 0 spiro atoms. The van der Waals surface area contributed by atoms with Crippen LogP contribution in [0.1, 0.15) is 5.82 Å². The second kappa shape index (κ2) is 5.90. The van der Waals surface area contributed by atoms with Crippen LogP contribution in [-0.2, 0) is 5.75 Å². The number of benzene rings is 1. The second-order valence-corrected chi connectivity index (χ2v) is 6.30. The van der Waals surface area contributed by atoms with E-state index in [1.54, 1.807) is 18.9 Å². The molecule has 0 fully saturated rings. The SMILES string of the molecule is COc1ccc2nc(SCc3nsc(N(C)C)n3)[nH]c2c1. The molecule has 6 nitrogen and oxygen atoms in total. The van der Waals surface area contributed by atoms with E-state index >= 15 is 0 Å². The predicted molar refractivity (Wildman–Crippen MR) is 86.4 cm³/mol. The molecule has 110 valence electrons. The predicted octanol–water partition coefficient (Wildman–Crippen LogP) is 2.78. The van der Waals surface area contributed by atoms with Crippen molar-refractivity contribution in [2.45, 2.75) is 10.9 Å². The molecule has 2 aromatic heterocycles. The number of nitrogens with zero attached hydrogens (tertiary/aromatic N) is 4. The van der Waals surface area contributed by atoms with Crippen molar-refractivity contribution in [1.82, 2.24) is 19.3 Å². The molecule has 0 amide bonds. The van der Waals surface area contributed by atoms with Crippen LogP contribution in [0, 0.1) is 0 Å². The van der Waals surface area contributed by atoms with Gasteiger partial charge in [-0.1, -0.05) is 11.8 Å².